The third kappa shape index (κ3) is 3.74. The normalized spacial score (nSPS) is 16.7. The Hall–Kier alpha value is -3.64. The average molecular weight is 516 g/mol. The summed E-state index contributed by atoms with van der Waals surface area (Å²) >= 11 is 3.56. The smallest absolute Gasteiger partial charge is 0.336 e. The van der Waals surface area contributed by atoms with Crippen molar-refractivity contribution in [2.45, 2.75) is 19.4 Å². The Morgan fingerprint density at radius 3 is 2.44 bits per heavy atom. The molecule has 0 unspecified atom stereocenters. The number of rotatable bonds is 5. The third-order valence-corrected chi connectivity index (χ3v) is 6.67. The van der Waals surface area contributed by atoms with Gasteiger partial charge in [-0.05, 0) is 30.7 Å². The molecule has 1 aliphatic carbocycles. The maximum Gasteiger partial charge on any atom is 0.336 e. The van der Waals surface area contributed by atoms with Crippen LogP contribution >= 0.6 is 15.9 Å². The summed E-state index contributed by atoms with van der Waals surface area (Å²) in [6.45, 7) is 2.19. The summed E-state index contributed by atoms with van der Waals surface area (Å²) in [6.07, 6.45) is 0. The molecule has 5 nitrogen and oxygen atoms in total. The molecule has 1 aliphatic heterocycles. The molecule has 6 heteroatoms. The highest BCUT2D eigenvalue weighted by molar-refractivity contribution is 9.10. The number of ketones is 1. The van der Waals surface area contributed by atoms with E-state index in [1.165, 1.54) is 7.11 Å². The number of carbonyl (C=O) groups excluding carboxylic acids is 2. The van der Waals surface area contributed by atoms with E-state index in [4.69, 9.17) is 9.47 Å². The SMILES string of the molecule is COC(=O)C1=C(C)NC2=C(C(=O)c3ccccc32)[C@H]1c1cc(Br)ccc1OCc1ccccc1. The van der Waals surface area contributed by atoms with E-state index in [1.807, 2.05) is 79.7 Å². The first-order valence-electron chi connectivity index (χ1n) is 10.9. The number of esters is 1. The Morgan fingerprint density at radius 2 is 1.71 bits per heavy atom. The zero-order valence-corrected chi connectivity index (χ0v) is 20.3. The fraction of sp³-hybridized carbons (Fsp3) is 0.143. The van der Waals surface area contributed by atoms with Crippen molar-refractivity contribution in [1.82, 2.24) is 5.32 Å². The number of allylic oxidation sites excluding steroid dienone is 2. The maximum absolute atomic E-state index is 13.6. The van der Waals surface area contributed by atoms with Crippen LogP contribution < -0.4 is 10.1 Å². The van der Waals surface area contributed by atoms with Gasteiger partial charge in [-0.15, -0.1) is 0 Å². The van der Waals surface area contributed by atoms with Gasteiger partial charge in [-0.3, -0.25) is 4.79 Å². The first-order valence-corrected chi connectivity index (χ1v) is 11.7. The highest BCUT2D eigenvalue weighted by Gasteiger charge is 2.43. The number of methoxy groups -OCH3 is 1. The Bertz CT molecular complexity index is 1370. The van der Waals surface area contributed by atoms with Crippen molar-refractivity contribution in [3.8, 4) is 5.75 Å². The molecule has 2 aliphatic rings. The van der Waals surface area contributed by atoms with Crippen LogP contribution in [0.1, 0.15) is 39.9 Å². The molecular weight excluding hydrogens is 494 g/mol. The van der Waals surface area contributed by atoms with Gasteiger partial charge in [0.25, 0.3) is 0 Å². The van der Waals surface area contributed by atoms with Gasteiger partial charge in [0.1, 0.15) is 12.4 Å². The fourth-order valence-electron chi connectivity index (χ4n) is 4.63. The monoisotopic (exact) mass is 515 g/mol. The lowest BCUT2D eigenvalue weighted by Crippen LogP contribution is -2.29. The van der Waals surface area contributed by atoms with Crippen molar-refractivity contribution in [2.24, 2.45) is 0 Å². The molecule has 170 valence electrons. The van der Waals surface area contributed by atoms with E-state index < -0.39 is 11.9 Å². The quantitative estimate of drug-likeness (QED) is 0.437. The second-order valence-corrected chi connectivity index (χ2v) is 9.12. The van der Waals surface area contributed by atoms with E-state index >= 15 is 0 Å². The van der Waals surface area contributed by atoms with Crippen LogP contribution in [0.3, 0.4) is 0 Å². The molecule has 1 N–H and O–H groups in total. The zero-order chi connectivity index (χ0) is 23.8. The minimum atomic E-state index is -0.646. The molecule has 34 heavy (non-hydrogen) atoms. The standard InChI is InChI=1S/C28H22BrNO4/c1-16-23(28(32)33-2)24(25-26(30-16)19-10-6-7-11-20(19)27(25)31)21-14-18(29)12-13-22(21)34-15-17-8-4-3-5-9-17/h3-14,24,30H,15H2,1-2H3/t24-/m0/s1. The van der Waals surface area contributed by atoms with E-state index in [1.54, 1.807) is 0 Å². The van der Waals surface area contributed by atoms with Crippen molar-refractivity contribution in [3.05, 3.63) is 116 Å². The number of hydrogen-bond acceptors (Lipinski definition) is 5. The van der Waals surface area contributed by atoms with E-state index in [-0.39, 0.29) is 5.78 Å². The summed E-state index contributed by atoms with van der Waals surface area (Å²) in [5.74, 6) is -0.638. The Kier molecular flexibility index (Phi) is 5.84. The van der Waals surface area contributed by atoms with Crippen molar-refractivity contribution in [2.75, 3.05) is 7.11 Å². The molecule has 3 aromatic carbocycles. The van der Waals surface area contributed by atoms with Crippen LogP contribution in [-0.2, 0) is 16.1 Å². The Balaban J connectivity index is 1.67. The predicted octanol–water partition coefficient (Wildman–Crippen LogP) is 5.77. The van der Waals surface area contributed by atoms with Crippen molar-refractivity contribution in [3.63, 3.8) is 0 Å². The second kappa shape index (κ2) is 8.95. The lowest BCUT2D eigenvalue weighted by molar-refractivity contribution is -0.136. The van der Waals surface area contributed by atoms with Gasteiger partial charge >= 0.3 is 5.97 Å². The van der Waals surface area contributed by atoms with Crippen molar-refractivity contribution >= 4 is 33.4 Å². The first kappa shape index (κ1) is 22.2. The Morgan fingerprint density at radius 1 is 1.00 bits per heavy atom. The predicted molar refractivity (Wildman–Crippen MR) is 133 cm³/mol. The zero-order valence-electron chi connectivity index (χ0n) is 18.7. The lowest BCUT2D eigenvalue weighted by Gasteiger charge is -2.30. The number of ether oxygens (including phenoxy) is 2. The first-order chi connectivity index (χ1) is 16.5. The summed E-state index contributed by atoms with van der Waals surface area (Å²) < 4.78 is 12.2. The van der Waals surface area contributed by atoms with Gasteiger partial charge in [0.15, 0.2) is 5.78 Å². The molecule has 1 atom stereocenters. The van der Waals surface area contributed by atoms with Crippen LogP contribution in [0.2, 0.25) is 0 Å². The molecule has 0 amide bonds. The molecule has 0 aromatic heterocycles. The van der Waals surface area contributed by atoms with Gasteiger partial charge in [-0.2, -0.15) is 0 Å². The van der Waals surface area contributed by atoms with Gasteiger partial charge in [0, 0.05) is 32.4 Å². The molecule has 0 radical (unpaired) electrons. The minimum absolute atomic E-state index is 0.106. The third-order valence-electron chi connectivity index (χ3n) is 6.17. The van der Waals surface area contributed by atoms with Gasteiger partial charge in [-0.25, -0.2) is 4.79 Å². The Labute approximate surface area is 206 Å². The number of benzene rings is 3. The van der Waals surface area contributed by atoms with Crippen LogP contribution in [0.4, 0.5) is 0 Å². The van der Waals surface area contributed by atoms with Crippen LogP contribution in [-0.4, -0.2) is 18.9 Å². The summed E-state index contributed by atoms with van der Waals surface area (Å²) in [5, 5.41) is 3.31. The molecule has 0 bridgehead atoms. The highest BCUT2D eigenvalue weighted by Crippen LogP contribution is 2.49. The molecule has 0 saturated carbocycles. The molecule has 3 aromatic rings. The average Bonchev–Trinajstić information content (AvgIpc) is 3.14. The number of carbonyl (C=O) groups is 2. The number of Topliss-reactive ketones (excluding diaryl/α,β-unsaturated/α-hetero) is 1. The topological polar surface area (TPSA) is 64.6 Å². The van der Waals surface area contributed by atoms with Crippen LogP contribution in [0, 0.1) is 0 Å². The van der Waals surface area contributed by atoms with Gasteiger partial charge in [0.05, 0.1) is 24.3 Å². The van der Waals surface area contributed by atoms with Crippen LogP contribution in [0.15, 0.2) is 94.1 Å². The van der Waals surface area contributed by atoms with E-state index in [0.29, 0.717) is 34.8 Å². The summed E-state index contributed by atoms with van der Waals surface area (Å²) in [7, 11) is 1.35. The molecule has 1 heterocycles. The molecule has 0 spiro atoms. The van der Waals surface area contributed by atoms with Gasteiger partial charge in [-0.1, -0.05) is 70.5 Å². The molecule has 0 saturated heterocycles. The highest BCUT2D eigenvalue weighted by atomic mass is 79.9. The van der Waals surface area contributed by atoms with E-state index in [9.17, 15) is 9.59 Å². The number of fused-ring (bicyclic) bond motifs is 2. The van der Waals surface area contributed by atoms with Crippen LogP contribution in [0.25, 0.3) is 5.70 Å². The second-order valence-electron chi connectivity index (χ2n) is 8.21. The van der Waals surface area contributed by atoms with Crippen molar-refractivity contribution in [1.29, 1.82) is 0 Å². The van der Waals surface area contributed by atoms with Gasteiger partial charge < -0.3 is 14.8 Å². The lowest BCUT2D eigenvalue weighted by atomic mass is 9.79. The summed E-state index contributed by atoms with van der Waals surface area (Å²) in [6, 6.07) is 23.0. The largest absolute Gasteiger partial charge is 0.489 e. The van der Waals surface area contributed by atoms with E-state index in [2.05, 4.69) is 21.2 Å². The minimum Gasteiger partial charge on any atom is -0.489 e. The summed E-state index contributed by atoms with van der Waals surface area (Å²) in [4.78, 5) is 26.6. The van der Waals surface area contributed by atoms with E-state index in [0.717, 1.165) is 26.9 Å². The number of nitrogens with one attached hydrogen (secondary N) is 1. The molecule has 5 rings (SSSR count). The fourth-order valence-corrected chi connectivity index (χ4v) is 5.01. The number of dihydropyridines is 1. The maximum atomic E-state index is 13.6. The summed E-state index contributed by atoms with van der Waals surface area (Å²) in [5.41, 5.74) is 5.48. The molecular formula is C28H22BrNO4. The molecule has 0 fully saturated rings. The number of halogens is 1. The number of hydrogen-bond donors (Lipinski definition) is 1. The van der Waals surface area contributed by atoms with Crippen LogP contribution in [0.5, 0.6) is 5.75 Å². The van der Waals surface area contributed by atoms with Gasteiger partial charge in [0.2, 0.25) is 0 Å². The van der Waals surface area contributed by atoms with Crippen molar-refractivity contribution < 1.29 is 19.1 Å².